The van der Waals surface area contributed by atoms with Gasteiger partial charge in [-0.25, -0.2) is 0 Å². The molecule has 3 heteroatoms. The van der Waals surface area contributed by atoms with E-state index in [1.807, 2.05) is 24.3 Å². The van der Waals surface area contributed by atoms with E-state index < -0.39 is 0 Å². The topological polar surface area (TPSA) is 38.5 Å². The van der Waals surface area contributed by atoms with Crippen molar-refractivity contribution in [3.05, 3.63) is 29.8 Å². The van der Waals surface area contributed by atoms with E-state index in [4.69, 9.17) is 10.5 Å². The highest BCUT2D eigenvalue weighted by Gasteiger charge is 2.13. The molecule has 0 saturated carbocycles. The van der Waals surface area contributed by atoms with Gasteiger partial charge in [0.15, 0.2) is 0 Å². The van der Waals surface area contributed by atoms with Crippen LogP contribution in [0.2, 0.25) is 0 Å². The van der Waals surface area contributed by atoms with Crippen LogP contribution in [0, 0.1) is 17.3 Å². The van der Waals surface area contributed by atoms with Crippen molar-refractivity contribution in [3.63, 3.8) is 0 Å². The molecule has 110 valence electrons. The number of likely N-dealkylation sites (N-methyl/N-ethyl adjacent to an activating group) is 1. The van der Waals surface area contributed by atoms with Gasteiger partial charge in [0.1, 0.15) is 12.4 Å². The Morgan fingerprint density at radius 2 is 1.85 bits per heavy atom. The lowest BCUT2D eigenvalue weighted by Gasteiger charge is -2.26. The van der Waals surface area contributed by atoms with Gasteiger partial charge >= 0.3 is 0 Å². The van der Waals surface area contributed by atoms with Crippen LogP contribution < -0.4 is 10.5 Å². The first-order chi connectivity index (χ1) is 9.40. The third-order valence-corrected chi connectivity index (χ3v) is 2.68. The van der Waals surface area contributed by atoms with Gasteiger partial charge in [-0.2, -0.15) is 0 Å². The Kier molecular flexibility index (Phi) is 6.57. The molecular formula is C17H26N2O. The summed E-state index contributed by atoms with van der Waals surface area (Å²) in [5.41, 5.74) is 6.62. The van der Waals surface area contributed by atoms with Crippen molar-refractivity contribution >= 4 is 0 Å². The van der Waals surface area contributed by atoms with Crippen LogP contribution >= 0.6 is 0 Å². The molecule has 2 N–H and O–H groups in total. The average molecular weight is 274 g/mol. The van der Waals surface area contributed by atoms with E-state index in [1.165, 1.54) is 0 Å². The fourth-order valence-electron chi connectivity index (χ4n) is 2.00. The zero-order valence-corrected chi connectivity index (χ0v) is 13.1. The van der Waals surface area contributed by atoms with Gasteiger partial charge in [0.05, 0.1) is 6.54 Å². The Morgan fingerprint density at radius 1 is 1.20 bits per heavy atom. The minimum absolute atomic E-state index is 0.318. The van der Waals surface area contributed by atoms with Crippen molar-refractivity contribution in [1.29, 1.82) is 0 Å². The molecule has 0 spiro atoms. The minimum atomic E-state index is 0.318. The van der Waals surface area contributed by atoms with Gasteiger partial charge in [0.2, 0.25) is 0 Å². The van der Waals surface area contributed by atoms with Crippen LogP contribution in [0.25, 0.3) is 0 Å². The van der Waals surface area contributed by atoms with Gasteiger partial charge in [-0.15, -0.1) is 0 Å². The lowest BCUT2D eigenvalue weighted by molar-refractivity contribution is 0.188. The van der Waals surface area contributed by atoms with Gasteiger partial charge in [0, 0.05) is 18.7 Å². The standard InChI is InChI=1S/C17H26N2O/c1-17(2,3)14-19(4)12-13-20-16-9-7-15(8-10-16)6-5-11-18/h7-10H,11-14,18H2,1-4H3. The smallest absolute Gasteiger partial charge is 0.119 e. The van der Waals surface area contributed by atoms with E-state index in [0.29, 0.717) is 18.6 Å². The van der Waals surface area contributed by atoms with Crippen molar-refractivity contribution < 1.29 is 4.74 Å². The molecule has 0 unspecified atom stereocenters. The van der Waals surface area contributed by atoms with E-state index in [2.05, 4.69) is 44.6 Å². The summed E-state index contributed by atoms with van der Waals surface area (Å²) in [5, 5.41) is 0. The molecule has 0 atom stereocenters. The Balaban J connectivity index is 2.35. The van der Waals surface area contributed by atoms with Gasteiger partial charge in [-0.05, 0) is 36.7 Å². The maximum atomic E-state index is 5.74. The second kappa shape index (κ2) is 7.94. The number of ether oxygens (including phenoxy) is 1. The van der Waals surface area contributed by atoms with Crippen molar-refractivity contribution in [1.82, 2.24) is 4.90 Å². The fraction of sp³-hybridized carbons (Fsp3) is 0.529. The third-order valence-electron chi connectivity index (χ3n) is 2.68. The molecular weight excluding hydrogens is 248 g/mol. The summed E-state index contributed by atoms with van der Waals surface area (Å²) in [7, 11) is 2.13. The molecule has 0 saturated heterocycles. The van der Waals surface area contributed by atoms with E-state index >= 15 is 0 Å². The van der Waals surface area contributed by atoms with E-state index in [0.717, 1.165) is 24.4 Å². The highest BCUT2D eigenvalue weighted by Crippen LogP contribution is 2.14. The SMILES string of the molecule is CN(CCOc1ccc(C#CCN)cc1)CC(C)(C)C. The normalized spacial score (nSPS) is 11.1. The fourth-order valence-corrected chi connectivity index (χ4v) is 2.00. The maximum absolute atomic E-state index is 5.74. The Hall–Kier alpha value is -1.50. The zero-order chi connectivity index (χ0) is 15.0. The highest BCUT2D eigenvalue weighted by molar-refractivity contribution is 5.38. The molecule has 0 fully saturated rings. The number of rotatable bonds is 5. The van der Waals surface area contributed by atoms with Crippen LogP contribution in [0.15, 0.2) is 24.3 Å². The molecule has 20 heavy (non-hydrogen) atoms. The van der Waals surface area contributed by atoms with Crippen molar-refractivity contribution in [3.8, 4) is 17.6 Å². The summed E-state index contributed by atoms with van der Waals surface area (Å²) in [6.45, 7) is 9.79. The number of benzene rings is 1. The molecule has 0 aromatic heterocycles. The third kappa shape index (κ3) is 7.18. The Bertz CT molecular complexity index is 449. The number of nitrogens with two attached hydrogens (primary N) is 1. The Morgan fingerprint density at radius 3 is 2.40 bits per heavy atom. The second-order valence-electron chi connectivity index (χ2n) is 6.18. The predicted octanol–water partition coefficient (Wildman–Crippen LogP) is 2.35. The molecule has 0 heterocycles. The molecule has 0 bridgehead atoms. The van der Waals surface area contributed by atoms with Crippen molar-refractivity contribution in [2.45, 2.75) is 20.8 Å². The molecule has 0 aliphatic carbocycles. The zero-order valence-electron chi connectivity index (χ0n) is 13.1. The summed E-state index contributed by atoms with van der Waals surface area (Å²) in [4.78, 5) is 2.29. The van der Waals surface area contributed by atoms with Crippen LogP contribution in [-0.2, 0) is 0 Å². The highest BCUT2D eigenvalue weighted by atomic mass is 16.5. The van der Waals surface area contributed by atoms with E-state index in [1.54, 1.807) is 0 Å². The number of hydrogen-bond acceptors (Lipinski definition) is 3. The number of nitrogens with zero attached hydrogens (tertiary/aromatic N) is 1. The molecule has 1 aromatic rings. The predicted molar refractivity (Wildman–Crippen MR) is 84.8 cm³/mol. The first kappa shape index (κ1) is 16.6. The first-order valence-electron chi connectivity index (χ1n) is 7.01. The monoisotopic (exact) mass is 274 g/mol. The summed E-state index contributed by atoms with van der Waals surface area (Å²) in [5.74, 6) is 6.71. The van der Waals surface area contributed by atoms with Crippen LogP contribution in [0.1, 0.15) is 26.3 Å². The quantitative estimate of drug-likeness (QED) is 0.838. The van der Waals surface area contributed by atoms with Crippen molar-refractivity contribution in [2.24, 2.45) is 11.1 Å². The Labute approximate surface area is 123 Å². The summed E-state index contributed by atoms with van der Waals surface area (Å²) >= 11 is 0. The largest absolute Gasteiger partial charge is 0.492 e. The molecule has 3 nitrogen and oxygen atoms in total. The van der Waals surface area contributed by atoms with Gasteiger partial charge in [0.25, 0.3) is 0 Å². The maximum Gasteiger partial charge on any atom is 0.119 e. The number of hydrogen-bond donors (Lipinski definition) is 1. The molecule has 1 aromatic carbocycles. The molecule has 0 amide bonds. The van der Waals surface area contributed by atoms with E-state index in [9.17, 15) is 0 Å². The molecule has 0 aliphatic heterocycles. The minimum Gasteiger partial charge on any atom is -0.492 e. The molecule has 1 rings (SSSR count). The van der Waals surface area contributed by atoms with Crippen LogP contribution in [0.3, 0.4) is 0 Å². The van der Waals surface area contributed by atoms with Gasteiger partial charge < -0.3 is 15.4 Å². The van der Waals surface area contributed by atoms with Gasteiger partial charge in [-0.1, -0.05) is 32.6 Å². The second-order valence-corrected chi connectivity index (χ2v) is 6.18. The van der Waals surface area contributed by atoms with E-state index in [-0.39, 0.29) is 0 Å². The lowest BCUT2D eigenvalue weighted by Crippen LogP contribution is -2.32. The summed E-state index contributed by atoms with van der Waals surface area (Å²) in [6.07, 6.45) is 0. The van der Waals surface area contributed by atoms with Crippen molar-refractivity contribution in [2.75, 3.05) is 33.3 Å². The van der Waals surface area contributed by atoms with Crippen LogP contribution in [0.4, 0.5) is 0 Å². The summed E-state index contributed by atoms with van der Waals surface area (Å²) < 4.78 is 5.74. The molecule has 0 aliphatic rings. The van der Waals surface area contributed by atoms with Crippen LogP contribution in [-0.4, -0.2) is 38.2 Å². The van der Waals surface area contributed by atoms with Gasteiger partial charge in [-0.3, -0.25) is 0 Å². The van der Waals surface area contributed by atoms with Crippen LogP contribution in [0.5, 0.6) is 5.75 Å². The lowest BCUT2D eigenvalue weighted by atomic mass is 9.96. The molecule has 0 radical (unpaired) electrons. The summed E-state index contributed by atoms with van der Waals surface area (Å²) in [6, 6.07) is 7.81. The average Bonchev–Trinajstić information content (AvgIpc) is 2.35. The first-order valence-corrected chi connectivity index (χ1v) is 7.01.